The number of hydrogen-bond donors (Lipinski definition) is 0. The molecule has 0 N–H and O–H groups in total. The molecular weight excluding hydrogens is 483 g/mol. The number of nitrogens with zero attached hydrogens (tertiary/aromatic N) is 1. The Bertz CT molecular complexity index is 1050. The number of rotatable bonds is 3. The molecule has 0 aromatic heterocycles. The third-order valence-corrected chi connectivity index (χ3v) is 8.35. The van der Waals surface area contributed by atoms with Gasteiger partial charge in [-0.05, 0) is 60.7 Å². The first-order valence-electron chi connectivity index (χ1n) is 9.53. The summed E-state index contributed by atoms with van der Waals surface area (Å²) in [7, 11) is -4.02. The maximum absolute atomic E-state index is 13.3. The molecule has 0 spiro atoms. The Labute approximate surface area is 181 Å². The highest BCUT2D eigenvalue weighted by molar-refractivity contribution is 9.10. The van der Waals surface area contributed by atoms with E-state index >= 15 is 0 Å². The number of hydrogen-bond acceptors (Lipinski definition) is 3. The van der Waals surface area contributed by atoms with E-state index in [9.17, 15) is 26.4 Å². The third kappa shape index (κ3) is 4.07. The van der Waals surface area contributed by atoms with Crippen LogP contribution in [0.4, 0.5) is 13.2 Å². The van der Waals surface area contributed by atoms with Crippen molar-refractivity contribution in [3.8, 4) is 0 Å². The summed E-state index contributed by atoms with van der Waals surface area (Å²) >= 11 is 3.45. The molecule has 2 saturated heterocycles. The number of Topliss-reactive ketones (excluding diaryl/α,β-unsaturated/α-hetero) is 1. The van der Waals surface area contributed by atoms with Gasteiger partial charge in [0.05, 0.1) is 10.5 Å². The van der Waals surface area contributed by atoms with Crippen molar-refractivity contribution >= 4 is 31.7 Å². The molecular formula is C21H19BrF3NO3S. The Hall–Kier alpha value is -1.71. The van der Waals surface area contributed by atoms with Crippen molar-refractivity contribution in [1.29, 1.82) is 0 Å². The lowest BCUT2D eigenvalue weighted by Gasteiger charge is -2.47. The van der Waals surface area contributed by atoms with Gasteiger partial charge in [-0.1, -0.05) is 28.1 Å². The van der Waals surface area contributed by atoms with Crippen LogP contribution in [0.15, 0.2) is 57.9 Å². The van der Waals surface area contributed by atoms with E-state index in [0.717, 1.165) is 34.3 Å². The summed E-state index contributed by atoms with van der Waals surface area (Å²) in [6.45, 7) is 0. The Balaban J connectivity index is 1.65. The molecule has 0 radical (unpaired) electrons. The van der Waals surface area contributed by atoms with Crippen molar-refractivity contribution in [3.05, 3.63) is 64.1 Å². The molecule has 0 aliphatic carbocycles. The molecule has 2 fully saturated rings. The van der Waals surface area contributed by atoms with Gasteiger partial charge in [0, 0.05) is 29.4 Å². The molecule has 2 aromatic carbocycles. The van der Waals surface area contributed by atoms with E-state index in [-0.39, 0.29) is 29.4 Å². The molecule has 160 valence electrons. The van der Waals surface area contributed by atoms with E-state index < -0.39 is 33.8 Å². The summed E-state index contributed by atoms with van der Waals surface area (Å²) < 4.78 is 67.4. The van der Waals surface area contributed by atoms with E-state index in [1.165, 1.54) is 4.31 Å². The van der Waals surface area contributed by atoms with E-state index in [1.807, 2.05) is 24.3 Å². The first kappa shape index (κ1) is 21.5. The lowest BCUT2D eigenvalue weighted by atomic mass is 9.77. The maximum Gasteiger partial charge on any atom is 0.416 e. The van der Waals surface area contributed by atoms with Crippen LogP contribution in [0, 0.1) is 0 Å². The number of halogens is 4. The van der Waals surface area contributed by atoms with E-state index in [4.69, 9.17) is 0 Å². The molecule has 9 heteroatoms. The van der Waals surface area contributed by atoms with Crippen molar-refractivity contribution in [1.82, 2.24) is 4.31 Å². The number of benzene rings is 2. The van der Waals surface area contributed by atoms with Crippen LogP contribution in [0.1, 0.15) is 42.7 Å². The Kier molecular flexibility index (Phi) is 5.57. The number of ketones is 1. The highest BCUT2D eigenvalue weighted by Gasteiger charge is 2.47. The summed E-state index contributed by atoms with van der Waals surface area (Å²) in [5.74, 6) is 0.140. The average Bonchev–Trinajstić information content (AvgIpc) is 2.66. The molecule has 0 saturated carbocycles. The molecule has 2 bridgehead atoms. The fourth-order valence-electron chi connectivity index (χ4n) is 4.58. The normalized spacial score (nSPS) is 25.3. The van der Waals surface area contributed by atoms with Gasteiger partial charge in [-0.2, -0.15) is 17.5 Å². The molecule has 4 nitrogen and oxygen atoms in total. The standard InChI is InChI=1S/C21H19BrF3NO3S/c22-16-3-1-2-13(8-16)14-9-17-11-19(27)12-18(10-14)26(17)30(28,29)20-6-4-15(5-7-20)21(23,24)25/h1-8,14,17-18H,9-12H2. The smallest absolute Gasteiger partial charge is 0.300 e. The molecule has 0 amide bonds. The van der Waals surface area contributed by atoms with Gasteiger partial charge in [-0.15, -0.1) is 0 Å². The highest BCUT2D eigenvalue weighted by atomic mass is 79.9. The fraction of sp³-hybridized carbons (Fsp3) is 0.381. The minimum atomic E-state index is -4.53. The van der Waals surface area contributed by atoms with Crippen molar-refractivity contribution in [3.63, 3.8) is 0 Å². The Morgan fingerprint density at radius 1 is 0.967 bits per heavy atom. The molecule has 2 heterocycles. The van der Waals surface area contributed by atoms with Crippen LogP contribution in [-0.4, -0.2) is 30.6 Å². The number of piperidine rings is 2. The summed E-state index contributed by atoms with van der Waals surface area (Å²) in [6, 6.07) is 10.4. The van der Waals surface area contributed by atoms with E-state index in [2.05, 4.69) is 15.9 Å². The SMILES string of the molecule is O=C1CC2CC(c3cccc(Br)c3)CC(C1)N2S(=O)(=O)c1ccc(C(F)(F)F)cc1. The van der Waals surface area contributed by atoms with Gasteiger partial charge in [0.25, 0.3) is 0 Å². The van der Waals surface area contributed by atoms with Crippen LogP contribution in [-0.2, 0) is 21.0 Å². The zero-order valence-electron chi connectivity index (χ0n) is 15.8. The van der Waals surface area contributed by atoms with Crippen LogP contribution in [0.25, 0.3) is 0 Å². The zero-order valence-corrected chi connectivity index (χ0v) is 18.2. The summed E-state index contributed by atoms with van der Waals surface area (Å²) in [6.07, 6.45) is -3.29. The second-order valence-corrected chi connectivity index (χ2v) is 10.6. The van der Waals surface area contributed by atoms with Gasteiger partial charge in [-0.25, -0.2) is 8.42 Å². The first-order chi connectivity index (χ1) is 14.1. The van der Waals surface area contributed by atoms with Gasteiger partial charge < -0.3 is 0 Å². The molecule has 4 rings (SSSR count). The molecule has 2 aliphatic rings. The molecule has 2 aliphatic heterocycles. The van der Waals surface area contributed by atoms with Crippen molar-refractivity contribution in [2.24, 2.45) is 0 Å². The molecule has 2 atom stereocenters. The molecule has 30 heavy (non-hydrogen) atoms. The van der Waals surface area contributed by atoms with Crippen LogP contribution in [0.3, 0.4) is 0 Å². The van der Waals surface area contributed by atoms with Crippen molar-refractivity contribution in [2.75, 3.05) is 0 Å². The Morgan fingerprint density at radius 2 is 1.57 bits per heavy atom. The van der Waals surface area contributed by atoms with Crippen LogP contribution in [0.2, 0.25) is 0 Å². The fourth-order valence-corrected chi connectivity index (χ4v) is 6.82. The van der Waals surface area contributed by atoms with Crippen LogP contribution < -0.4 is 0 Å². The zero-order chi connectivity index (χ0) is 21.7. The average molecular weight is 502 g/mol. The highest BCUT2D eigenvalue weighted by Crippen LogP contribution is 2.43. The number of sulfonamides is 1. The lowest BCUT2D eigenvalue weighted by molar-refractivity contribution is -0.137. The summed E-state index contributed by atoms with van der Waals surface area (Å²) in [4.78, 5) is 12.0. The summed E-state index contributed by atoms with van der Waals surface area (Å²) in [5.41, 5.74) is 0.186. The monoisotopic (exact) mass is 501 g/mol. The maximum atomic E-state index is 13.3. The molecule has 2 unspecified atom stereocenters. The predicted octanol–water partition coefficient (Wildman–Crippen LogP) is 5.14. The summed E-state index contributed by atoms with van der Waals surface area (Å²) in [5, 5.41) is 0. The topological polar surface area (TPSA) is 54.5 Å². The van der Waals surface area contributed by atoms with Gasteiger partial charge in [-0.3, -0.25) is 4.79 Å². The lowest BCUT2D eigenvalue weighted by Crippen LogP contribution is -2.56. The van der Waals surface area contributed by atoms with Gasteiger partial charge in [0.15, 0.2) is 0 Å². The first-order valence-corrected chi connectivity index (χ1v) is 11.8. The quantitative estimate of drug-likeness (QED) is 0.585. The number of carbonyl (C=O) groups is 1. The van der Waals surface area contributed by atoms with Crippen molar-refractivity contribution in [2.45, 2.75) is 54.8 Å². The van der Waals surface area contributed by atoms with Gasteiger partial charge in [0.1, 0.15) is 5.78 Å². The number of carbonyl (C=O) groups excluding carboxylic acids is 1. The number of alkyl halides is 3. The Morgan fingerprint density at radius 3 is 2.10 bits per heavy atom. The minimum absolute atomic E-state index is 0.0246. The third-order valence-electron chi connectivity index (χ3n) is 5.84. The largest absolute Gasteiger partial charge is 0.416 e. The van der Waals surface area contributed by atoms with E-state index in [0.29, 0.717) is 12.8 Å². The van der Waals surface area contributed by atoms with Crippen molar-refractivity contribution < 1.29 is 26.4 Å². The second-order valence-electron chi connectivity index (χ2n) is 7.83. The van der Waals surface area contributed by atoms with Gasteiger partial charge in [0.2, 0.25) is 10.0 Å². The number of fused-ring (bicyclic) bond motifs is 2. The minimum Gasteiger partial charge on any atom is -0.300 e. The van der Waals surface area contributed by atoms with Crippen LogP contribution >= 0.6 is 15.9 Å². The van der Waals surface area contributed by atoms with Gasteiger partial charge >= 0.3 is 6.18 Å². The second kappa shape index (κ2) is 7.76. The van der Waals surface area contributed by atoms with Crippen LogP contribution in [0.5, 0.6) is 0 Å². The van der Waals surface area contributed by atoms with E-state index in [1.54, 1.807) is 0 Å². The predicted molar refractivity (Wildman–Crippen MR) is 108 cm³/mol. The molecule has 2 aromatic rings.